The molecule has 0 saturated heterocycles. The quantitative estimate of drug-likeness (QED) is 0.608. The van der Waals surface area contributed by atoms with Crippen LogP contribution >= 0.6 is 0 Å². The van der Waals surface area contributed by atoms with Gasteiger partial charge in [-0.1, -0.05) is 5.21 Å². The molecule has 0 fully saturated rings. The van der Waals surface area contributed by atoms with Crippen LogP contribution in [0.4, 0.5) is 0 Å². The van der Waals surface area contributed by atoms with Gasteiger partial charge in [0, 0.05) is 12.7 Å². The molecule has 0 bridgehead atoms. The molecule has 0 saturated carbocycles. The third-order valence-corrected chi connectivity index (χ3v) is 2.12. The number of nitrogens with zero attached hydrogens (tertiary/aromatic N) is 4. The van der Waals surface area contributed by atoms with Crippen LogP contribution in [0, 0.1) is 0 Å². The molecule has 0 aliphatic rings. The van der Waals surface area contributed by atoms with Gasteiger partial charge in [-0.15, -0.1) is 5.10 Å². The predicted octanol–water partition coefficient (Wildman–Crippen LogP) is -1.11. The number of amides is 1. The highest BCUT2D eigenvalue weighted by atomic mass is 16.2. The third kappa shape index (κ3) is 2.88. The number of carbonyl (C=O) groups excluding carboxylic acids is 1. The second-order valence-electron chi connectivity index (χ2n) is 3.42. The van der Waals surface area contributed by atoms with Gasteiger partial charge in [-0.2, -0.15) is 0 Å². The number of aromatic amines is 1. The summed E-state index contributed by atoms with van der Waals surface area (Å²) < 4.78 is 1.53. The second kappa shape index (κ2) is 5.21. The molecule has 0 atom stereocenters. The van der Waals surface area contributed by atoms with E-state index in [4.69, 9.17) is 5.73 Å². The molecule has 0 unspecified atom stereocenters. The van der Waals surface area contributed by atoms with E-state index in [-0.39, 0.29) is 11.6 Å². The number of imidazole rings is 1. The second-order valence-corrected chi connectivity index (χ2v) is 3.42. The summed E-state index contributed by atoms with van der Waals surface area (Å²) >= 11 is 0. The van der Waals surface area contributed by atoms with Gasteiger partial charge in [-0.25, -0.2) is 4.98 Å². The van der Waals surface area contributed by atoms with Crippen molar-refractivity contribution in [1.82, 2.24) is 30.3 Å². The van der Waals surface area contributed by atoms with Gasteiger partial charge in [-0.3, -0.25) is 9.48 Å². The van der Waals surface area contributed by atoms with Crippen molar-refractivity contribution in [2.24, 2.45) is 5.73 Å². The molecule has 17 heavy (non-hydrogen) atoms. The van der Waals surface area contributed by atoms with E-state index in [2.05, 4.69) is 25.6 Å². The zero-order valence-electron chi connectivity index (χ0n) is 9.13. The molecular formula is C9H13N7O. The molecule has 0 radical (unpaired) electrons. The smallest absolute Gasteiger partial charge is 0.273 e. The number of hydrogen-bond donors (Lipinski definition) is 3. The Bertz CT molecular complexity index is 475. The lowest BCUT2D eigenvalue weighted by Crippen LogP contribution is -2.23. The number of nitrogens with two attached hydrogens (primary N) is 1. The van der Waals surface area contributed by atoms with Gasteiger partial charge in [0.05, 0.1) is 31.3 Å². The molecule has 2 rings (SSSR count). The summed E-state index contributed by atoms with van der Waals surface area (Å²) in [7, 11) is 0. The molecule has 2 aromatic rings. The largest absolute Gasteiger partial charge is 0.347 e. The lowest BCUT2D eigenvalue weighted by molar-refractivity contribution is 0.0945. The average molecular weight is 235 g/mol. The molecule has 4 N–H and O–H groups in total. The molecule has 8 nitrogen and oxygen atoms in total. The first-order valence-corrected chi connectivity index (χ1v) is 5.15. The Labute approximate surface area is 97.2 Å². The first-order valence-electron chi connectivity index (χ1n) is 5.15. The normalized spacial score (nSPS) is 10.4. The molecule has 1 amide bonds. The number of rotatable bonds is 5. The molecule has 0 aliphatic heterocycles. The summed E-state index contributed by atoms with van der Waals surface area (Å²) in [6.45, 7) is 1.38. The highest BCUT2D eigenvalue weighted by Crippen LogP contribution is 1.95. The number of nitrogens with one attached hydrogen (secondary N) is 2. The Hall–Kier alpha value is -2.22. The highest BCUT2D eigenvalue weighted by molar-refractivity contribution is 5.91. The average Bonchev–Trinajstić information content (AvgIpc) is 2.97. The minimum absolute atomic E-state index is 0.275. The molecule has 0 aromatic carbocycles. The van der Waals surface area contributed by atoms with Crippen molar-refractivity contribution < 1.29 is 4.79 Å². The van der Waals surface area contributed by atoms with Gasteiger partial charge in [0.25, 0.3) is 5.91 Å². The Morgan fingerprint density at radius 3 is 3.18 bits per heavy atom. The van der Waals surface area contributed by atoms with Crippen LogP contribution in [0.2, 0.25) is 0 Å². The number of H-pyrrole nitrogens is 1. The van der Waals surface area contributed by atoms with Crippen molar-refractivity contribution in [2.75, 3.05) is 6.54 Å². The van der Waals surface area contributed by atoms with Crippen LogP contribution < -0.4 is 11.1 Å². The van der Waals surface area contributed by atoms with Gasteiger partial charge in [0.15, 0.2) is 5.69 Å². The van der Waals surface area contributed by atoms with E-state index in [0.717, 1.165) is 5.69 Å². The zero-order valence-corrected chi connectivity index (χ0v) is 9.13. The van der Waals surface area contributed by atoms with Crippen molar-refractivity contribution in [2.45, 2.75) is 13.1 Å². The Morgan fingerprint density at radius 1 is 1.59 bits per heavy atom. The van der Waals surface area contributed by atoms with Crippen LogP contribution in [0.3, 0.4) is 0 Å². The van der Waals surface area contributed by atoms with E-state index >= 15 is 0 Å². The Morgan fingerprint density at radius 2 is 2.47 bits per heavy atom. The lowest BCUT2D eigenvalue weighted by Gasteiger charge is -1.99. The van der Waals surface area contributed by atoms with Crippen molar-refractivity contribution in [3.63, 3.8) is 0 Å². The predicted molar refractivity (Wildman–Crippen MR) is 58.8 cm³/mol. The van der Waals surface area contributed by atoms with Crippen LogP contribution in [0.5, 0.6) is 0 Å². The zero-order chi connectivity index (χ0) is 12.1. The molecule has 2 aromatic heterocycles. The monoisotopic (exact) mass is 235 g/mol. The number of carbonyl (C=O) groups is 1. The first-order chi connectivity index (χ1) is 8.29. The maximum atomic E-state index is 11.7. The van der Waals surface area contributed by atoms with E-state index in [1.54, 1.807) is 18.7 Å². The van der Waals surface area contributed by atoms with E-state index in [0.29, 0.717) is 19.6 Å². The summed E-state index contributed by atoms with van der Waals surface area (Å²) in [5.41, 5.74) is 6.47. The molecular weight excluding hydrogens is 222 g/mol. The maximum Gasteiger partial charge on any atom is 0.273 e. The topological polar surface area (TPSA) is 115 Å². The number of hydrogen-bond acceptors (Lipinski definition) is 5. The molecule has 2 heterocycles. The molecule has 0 spiro atoms. The summed E-state index contributed by atoms with van der Waals surface area (Å²) in [4.78, 5) is 18.4. The van der Waals surface area contributed by atoms with Crippen LogP contribution in [-0.2, 0) is 13.1 Å². The van der Waals surface area contributed by atoms with Crippen molar-refractivity contribution >= 4 is 5.91 Å². The summed E-state index contributed by atoms with van der Waals surface area (Å²) in [6.07, 6.45) is 4.76. The van der Waals surface area contributed by atoms with Gasteiger partial charge >= 0.3 is 0 Å². The van der Waals surface area contributed by atoms with Crippen LogP contribution in [0.1, 0.15) is 16.2 Å². The Balaban J connectivity index is 1.90. The van der Waals surface area contributed by atoms with Crippen LogP contribution in [0.15, 0.2) is 18.7 Å². The molecule has 8 heteroatoms. The molecule has 90 valence electrons. The van der Waals surface area contributed by atoms with E-state index in [1.165, 1.54) is 4.68 Å². The molecule has 0 aliphatic carbocycles. The summed E-state index contributed by atoms with van der Waals surface area (Å²) in [5, 5.41) is 10.2. The Kier molecular flexibility index (Phi) is 3.46. The van der Waals surface area contributed by atoms with Gasteiger partial charge < -0.3 is 16.0 Å². The van der Waals surface area contributed by atoms with Crippen molar-refractivity contribution in [3.8, 4) is 0 Å². The van der Waals surface area contributed by atoms with Crippen molar-refractivity contribution in [3.05, 3.63) is 30.1 Å². The minimum Gasteiger partial charge on any atom is -0.347 e. The minimum atomic E-state index is -0.275. The van der Waals surface area contributed by atoms with E-state index in [1.807, 2.05) is 0 Å². The van der Waals surface area contributed by atoms with Gasteiger partial charge in [0.2, 0.25) is 0 Å². The fourth-order valence-electron chi connectivity index (χ4n) is 1.29. The fraction of sp³-hybridized carbons (Fsp3) is 0.333. The third-order valence-electron chi connectivity index (χ3n) is 2.12. The first kappa shape index (κ1) is 11.3. The van der Waals surface area contributed by atoms with Gasteiger partial charge in [-0.05, 0) is 0 Å². The van der Waals surface area contributed by atoms with E-state index in [9.17, 15) is 4.79 Å². The van der Waals surface area contributed by atoms with Crippen LogP contribution in [0.25, 0.3) is 0 Å². The van der Waals surface area contributed by atoms with Gasteiger partial charge in [0.1, 0.15) is 0 Å². The maximum absolute atomic E-state index is 11.7. The fourth-order valence-corrected chi connectivity index (χ4v) is 1.29. The van der Waals surface area contributed by atoms with Crippen LogP contribution in [-0.4, -0.2) is 37.4 Å². The lowest BCUT2D eigenvalue weighted by atomic mass is 10.4. The highest BCUT2D eigenvalue weighted by Gasteiger charge is 2.10. The van der Waals surface area contributed by atoms with Crippen molar-refractivity contribution in [1.29, 1.82) is 0 Å². The van der Waals surface area contributed by atoms with E-state index < -0.39 is 0 Å². The summed E-state index contributed by atoms with van der Waals surface area (Å²) in [5.74, 6) is -0.275. The standard InChI is InChI=1S/C9H13N7O/c10-1-2-16-5-8(14-15-16)9(17)12-4-7-3-11-6-13-7/h3,5-6H,1-2,4,10H2,(H,11,13)(H,12,17). The summed E-state index contributed by atoms with van der Waals surface area (Å²) in [6, 6.07) is 0. The number of aromatic nitrogens is 5. The SMILES string of the molecule is NCCn1cc(C(=O)NCc2cnc[nH]2)nn1.